The van der Waals surface area contributed by atoms with Gasteiger partial charge < -0.3 is 0 Å². The first kappa shape index (κ1) is 13.6. The van der Waals surface area contributed by atoms with Crippen molar-refractivity contribution in [3.8, 4) is 12.1 Å². The zero-order valence-corrected chi connectivity index (χ0v) is 11.0. The van der Waals surface area contributed by atoms with Crippen LogP contribution in [-0.4, -0.2) is 12.1 Å². The molecule has 1 aliphatic rings. The molecule has 2 rings (SSSR count). The molecule has 1 aromatic carbocycles. The standard InChI is InChI=1S/C16H12N4/c1-10-5-4-6-11-12(14(8-17)19-2)7-13(16(10)11)15(9-18)20-3/h4-6,12-15H,7H2,1H3. The Hall–Kier alpha value is -2.82. The van der Waals surface area contributed by atoms with Gasteiger partial charge in [0.05, 0.1) is 11.8 Å². The van der Waals surface area contributed by atoms with E-state index in [1.165, 1.54) is 0 Å². The van der Waals surface area contributed by atoms with E-state index in [0.717, 1.165) is 16.7 Å². The minimum Gasteiger partial charge on any atom is -0.297 e. The zero-order chi connectivity index (χ0) is 14.7. The van der Waals surface area contributed by atoms with Gasteiger partial charge in [-0.15, -0.1) is 0 Å². The largest absolute Gasteiger partial charge is 0.313 e. The van der Waals surface area contributed by atoms with Crippen molar-refractivity contribution in [2.75, 3.05) is 0 Å². The molecule has 0 N–H and O–H groups in total. The molecule has 20 heavy (non-hydrogen) atoms. The van der Waals surface area contributed by atoms with Crippen molar-refractivity contribution in [1.82, 2.24) is 0 Å². The summed E-state index contributed by atoms with van der Waals surface area (Å²) >= 11 is 0. The summed E-state index contributed by atoms with van der Waals surface area (Å²) in [5, 5.41) is 18.3. The van der Waals surface area contributed by atoms with E-state index in [-0.39, 0.29) is 11.8 Å². The fourth-order valence-corrected chi connectivity index (χ4v) is 3.05. The van der Waals surface area contributed by atoms with Crippen molar-refractivity contribution >= 4 is 0 Å². The fourth-order valence-electron chi connectivity index (χ4n) is 3.05. The van der Waals surface area contributed by atoms with Crippen LogP contribution < -0.4 is 0 Å². The van der Waals surface area contributed by atoms with E-state index in [1.54, 1.807) is 0 Å². The molecule has 0 saturated carbocycles. The van der Waals surface area contributed by atoms with Gasteiger partial charge in [-0.2, -0.15) is 10.5 Å². The highest BCUT2D eigenvalue weighted by atomic mass is 14.8. The van der Waals surface area contributed by atoms with Gasteiger partial charge in [-0.25, -0.2) is 13.1 Å². The normalized spacial score (nSPS) is 22.4. The van der Waals surface area contributed by atoms with Crippen molar-refractivity contribution in [1.29, 1.82) is 10.5 Å². The number of hydrogen-bond acceptors (Lipinski definition) is 2. The molecule has 96 valence electrons. The molecule has 0 spiro atoms. The number of rotatable bonds is 2. The lowest BCUT2D eigenvalue weighted by atomic mass is 9.91. The Bertz CT molecular complexity index is 665. The van der Waals surface area contributed by atoms with Crippen LogP contribution in [0.4, 0.5) is 0 Å². The van der Waals surface area contributed by atoms with Gasteiger partial charge in [-0.05, 0) is 30.0 Å². The topological polar surface area (TPSA) is 56.3 Å². The summed E-state index contributed by atoms with van der Waals surface area (Å²) in [7, 11) is 0. The van der Waals surface area contributed by atoms with Crippen molar-refractivity contribution in [2.45, 2.75) is 37.3 Å². The van der Waals surface area contributed by atoms with Crippen LogP contribution in [0, 0.1) is 42.7 Å². The molecule has 0 radical (unpaired) electrons. The third-order valence-corrected chi connectivity index (χ3v) is 3.94. The third kappa shape index (κ3) is 1.99. The highest BCUT2D eigenvalue weighted by molar-refractivity contribution is 5.48. The van der Waals surface area contributed by atoms with E-state index < -0.39 is 12.1 Å². The molecular formula is C16H12N4. The van der Waals surface area contributed by atoms with Crippen molar-refractivity contribution < 1.29 is 0 Å². The maximum atomic E-state index is 9.15. The van der Waals surface area contributed by atoms with Gasteiger partial charge in [0.2, 0.25) is 0 Å². The molecule has 0 amide bonds. The summed E-state index contributed by atoms with van der Waals surface area (Å²) in [5.41, 5.74) is 2.98. The van der Waals surface area contributed by atoms with Gasteiger partial charge in [-0.1, -0.05) is 18.2 Å². The SMILES string of the molecule is [C-]#[N+]C(C#N)C1CC(C(C#N)[N+]#[C-])c2c(C)cccc21. The summed E-state index contributed by atoms with van der Waals surface area (Å²) in [6.45, 7) is 16.3. The molecule has 1 aromatic rings. The first-order valence-corrected chi connectivity index (χ1v) is 6.29. The molecular weight excluding hydrogens is 248 g/mol. The predicted molar refractivity (Wildman–Crippen MR) is 73.3 cm³/mol. The highest BCUT2D eigenvalue weighted by Gasteiger charge is 2.45. The van der Waals surface area contributed by atoms with Gasteiger partial charge in [0.1, 0.15) is 0 Å². The Morgan fingerprint density at radius 1 is 1.15 bits per heavy atom. The quantitative estimate of drug-likeness (QED) is 0.767. The average molecular weight is 260 g/mol. The molecule has 0 bridgehead atoms. The number of fused-ring (bicyclic) bond motifs is 1. The van der Waals surface area contributed by atoms with Gasteiger partial charge in [0.25, 0.3) is 0 Å². The van der Waals surface area contributed by atoms with Crippen LogP contribution in [0.1, 0.15) is 34.9 Å². The monoisotopic (exact) mass is 260 g/mol. The first-order valence-electron chi connectivity index (χ1n) is 6.29. The number of nitriles is 2. The Kier molecular flexibility index (Phi) is 3.70. The molecule has 0 aliphatic heterocycles. The Balaban J connectivity index is 2.56. The van der Waals surface area contributed by atoms with E-state index in [4.69, 9.17) is 23.7 Å². The highest BCUT2D eigenvalue weighted by Crippen LogP contribution is 2.47. The minimum absolute atomic E-state index is 0.198. The maximum Gasteiger partial charge on any atom is 0.313 e. The van der Waals surface area contributed by atoms with E-state index in [0.29, 0.717) is 6.42 Å². The molecule has 4 heteroatoms. The van der Waals surface area contributed by atoms with E-state index in [9.17, 15) is 0 Å². The number of aryl methyl sites for hydroxylation is 1. The van der Waals surface area contributed by atoms with Crippen molar-refractivity contribution in [2.24, 2.45) is 0 Å². The number of benzene rings is 1. The number of nitrogens with zero attached hydrogens (tertiary/aromatic N) is 4. The van der Waals surface area contributed by atoms with E-state index >= 15 is 0 Å². The van der Waals surface area contributed by atoms with E-state index in [2.05, 4.69) is 9.69 Å². The first-order chi connectivity index (χ1) is 9.67. The fraction of sp³-hybridized carbons (Fsp3) is 0.375. The van der Waals surface area contributed by atoms with Crippen molar-refractivity contribution in [3.63, 3.8) is 0 Å². The summed E-state index contributed by atoms with van der Waals surface area (Å²) in [6, 6.07) is 8.36. The smallest absolute Gasteiger partial charge is 0.297 e. The van der Waals surface area contributed by atoms with Crippen LogP contribution in [-0.2, 0) is 0 Å². The predicted octanol–water partition coefficient (Wildman–Crippen LogP) is 3.19. The van der Waals surface area contributed by atoms with Crippen LogP contribution in [0.5, 0.6) is 0 Å². The molecule has 4 atom stereocenters. The van der Waals surface area contributed by atoms with Gasteiger partial charge in [-0.3, -0.25) is 9.69 Å². The lowest BCUT2D eigenvalue weighted by Gasteiger charge is -2.11. The van der Waals surface area contributed by atoms with Crippen LogP contribution in [0.15, 0.2) is 18.2 Å². The molecule has 4 nitrogen and oxygen atoms in total. The van der Waals surface area contributed by atoms with Gasteiger partial charge >= 0.3 is 12.1 Å². The van der Waals surface area contributed by atoms with Crippen LogP contribution >= 0.6 is 0 Å². The molecule has 0 saturated heterocycles. The summed E-state index contributed by atoms with van der Waals surface area (Å²) < 4.78 is 0. The summed E-state index contributed by atoms with van der Waals surface area (Å²) in [5.74, 6) is -0.397. The van der Waals surface area contributed by atoms with Gasteiger partial charge in [0, 0.05) is 0 Å². The molecule has 0 fully saturated rings. The van der Waals surface area contributed by atoms with Crippen LogP contribution in [0.3, 0.4) is 0 Å². The second kappa shape index (κ2) is 5.44. The zero-order valence-electron chi connectivity index (χ0n) is 11.0. The molecule has 0 aromatic heterocycles. The third-order valence-electron chi connectivity index (χ3n) is 3.94. The molecule has 1 aliphatic carbocycles. The average Bonchev–Trinajstić information content (AvgIpc) is 2.83. The number of hydrogen-bond donors (Lipinski definition) is 0. The minimum atomic E-state index is -0.745. The second-order valence-electron chi connectivity index (χ2n) is 4.93. The second-order valence-corrected chi connectivity index (χ2v) is 4.93. The summed E-state index contributed by atoms with van der Waals surface area (Å²) in [6.07, 6.45) is 0.529. The van der Waals surface area contributed by atoms with Crippen LogP contribution in [0.25, 0.3) is 9.69 Å². The van der Waals surface area contributed by atoms with Crippen LogP contribution in [0.2, 0.25) is 0 Å². The lowest BCUT2D eigenvalue weighted by Crippen LogP contribution is -2.14. The van der Waals surface area contributed by atoms with Gasteiger partial charge in [0.15, 0.2) is 12.1 Å². The lowest BCUT2D eigenvalue weighted by molar-refractivity contribution is 0.572. The summed E-state index contributed by atoms with van der Waals surface area (Å²) in [4.78, 5) is 6.79. The van der Waals surface area contributed by atoms with Crippen molar-refractivity contribution in [3.05, 3.63) is 57.7 Å². The molecule has 4 unspecified atom stereocenters. The maximum absolute atomic E-state index is 9.15. The Labute approximate surface area is 118 Å². The van der Waals surface area contributed by atoms with E-state index in [1.807, 2.05) is 37.3 Å². The molecule has 0 heterocycles. The Morgan fingerprint density at radius 2 is 1.75 bits per heavy atom. The Morgan fingerprint density at radius 3 is 2.30 bits per heavy atom.